The van der Waals surface area contributed by atoms with Gasteiger partial charge in [-0.1, -0.05) is 0 Å². The number of hydrogen-bond acceptors (Lipinski definition) is 4. The molecule has 3 heterocycles. The molecule has 2 saturated heterocycles. The summed E-state index contributed by atoms with van der Waals surface area (Å²) in [6.45, 7) is 7.42. The second-order valence-corrected chi connectivity index (χ2v) is 6.76. The molecule has 2 atom stereocenters. The molecule has 0 aliphatic carbocycles. The Morgan fingerprint density at radius 2 is 2.44 bits per heavy atom. The molecule has 0 radical (unpaired) electrons. The van der Waals surface area contributed by atoms with Crippen LogP contribution in [0.5, 0.6) is 0 Å². The molecule has 2 fully saturated rings. The van der Waals surface area contributed by atoms with Gasteiger partial charge in [0, 0.05) is 35.4 Å². The van der Waals surface area contributed by atoms with Crippen molar-refractivity contribution in [3.05, 3.63) is 21.9 Å². The van der Waals surface area contributed by atoms with Gasteiger partial charge in [0.05, 0.1) is 12.7 Å². The van der Waals surface area contributed by atoms with E-state index in [0.717, 1.165) is 26.2 Å². The summed E-state index contributed by atoms with van der Waals surface area (Å²) in [6.07, 6.45) is 3.05. The van der Waals surface area contributed by atoms with E-state index in [0.29, 0.717) is 12.1 Å². The van der Waals surface area contributed by atoms with Gasteiger partial charge in [0.1, 0.15) is 0 Å². The molecule has 100 valence electrons. The SMILES string of the molecule is Cc1ccc(CNCC2CN3CCCC3CO2)s1. The lowest BCUT2D eigenvalue weighted by Crippen LogP contribution is -2.49. The molecule has 4 heteroatoms. The van der Waals surface area contributed by atoms with Gasteiger partial charge in [-0.3, -0.25) is 4.90 Å². The van der Waals surface area contributed by atoms with Crippen molar-refractivity contribution in [1.29, 1.82) is 0 Å². The van der Waals surface area contributed by atoms with Gasteiger partial charge in [0.25, 0.3) is 0 Å². The third-order valence-corrected chi connectivity index (χ3v) is 4.93. The van der Waals surface area contributed by atoms with Gasteiger partial charge in [-0.2, -0.15) is 0 Å². The first-order valence-corrected chi connectivity index (χ1v) is 7.74. The Morgan fingerprint density at radius 3 is 3.28 bits per heavy atom. The zero-order chi connectivity index (χ0) is 12.4. The molecule has 0 amide bonds. The van der Waals surface area contributed by atoms with Crippen LogP contribution < -0.4 is 5.32 Å². The maximum absolute atomic E-state index is 5.93. The van der Waals surface area contributed by atoms with Crippen molar-refractivity contribution in [1.82, 2.24) is 10.2 Å². The minimum absolute atomic E-state index is 0.375. The Morgan fingerprint density at radius 1 is 1.50 bits per heavy atom. The highest BCUT2D eigenvalue weighted by atomic mass is 32.1. The van der Waals surface area contributed by atoms with Gasteiger partial charge in [-0.15, -0.1) is 11.3 Å². The van der Waals surface area contributed by atoms with Gasteiger partial charge in [-0.25, -0.2) is 0 Å². The Kier molecular flexibility index (Phi) is 3.99. The molecule has 0 saturated carbocycles. The highest BCUT2D eigenvalue weighted by Gasteiger charge is 2.31. The predicted octanol–water partition coefficient (Wildman–Crippen LogP) is 2.01. The quantitative estimate of drug-likeness (QED) is 0.902. The third-order valence-electron chi connectivity index (χ3n) is 3.93. The van der Waals surface area contributed by atoms with E-state index < -0.39 is 0 Å². The fourth-order valence-corrected chi connectivity index (χ4v) is 3.81. The summed E-state index contributed by atoms with van der Waals surface area (Å²) in [6, 6.07) is 5.11. The van der Waals surface area contributed by atoms with Crippen LogP contribution in [-0.4, -0.2) is 43.3 Å². The molecular weight excluding hydrogens is 244 g/mol. The maximum Gasteiger partial charge on any atom is 0.0827 e. The van der Waals surface area contributed by atoms with E-state index in [2.05, 4.69) is 29.3 Å². The summed E-state index contributed by atoms with van der Waals surface area (Å²) in [4.78, 5) is 5.41. The van der Waals surface area contributed by atoms with Gasteiger partial charge in [0.15, 0.2) is 0 Å². The number of nitrogens with zero attached hydrogens (tertiary/aromatic N) is 1. The lowest BCUT2D eigenvalue weighted by Gasteiger charge is -2.35. The van der Waals surface area contributed by atoms with E-state index in [1.807, 2.05) is 11.3 Å². The minimum Gasteiger partial charge on any atom is -0.374 e. The van der Waals surface area contributed by atoms with Crippen molar-refractivity contribution in [3.8, 4) is 0 Å². The van der Waals surface area contributed by atoms with Crippen molar-refractivity contribution >= 4 is 11.3 Å². The van der Waals surface area contributed by atoms with Crippen LogP contribution in [0.4, 0.5) is 0 Å². The number of morpholine rings is 1. The summed E-state index contributed by atoms with van der Waals surface area (Å²) < 4.78 is 5.93. The van der Waals surface area contributed by atoms with Crippen LogP contribution in [0.1, 0.15) is 22.6 Å². The first-order valence-electron chi connectivity index (χ1n) is 6.93. The number of ether oxygens (including phenoxy) is 1. The normalized spacial score (nSPS) is 28.5. The molecule has 3 nitrogen and oxygen atoms in total. The molecule has 18 heavy (non-hydrogen) atoms. The summed E-state index contributed by atoms with van der Waals surface area (Å²) in [7, 11) is 0. The van der Waals surface area contributed by atoms with Gasteiger partial charge in [0.2, 0.25) is 0 Å². The average Bonchev–Trinajstić information content (AvgIpc) is 2.97. The molecule has 2 unspecified atom stereocenters. The van der Waals surface area contributed by atoms with Crippen LogP contribution in [0.2, 0.25) is 0 Å². The third kappa shape index (κ3) is 2.94. The Bertz CT molecular complexity index is 393. The van der Waals surface area contributed by atoms with E-state index in [9.17, 15) is 0 Å². The van der Waals surface area contributed by atoms with Crippen LogP contribution in [0.25, 0.3) is 0 Å². The van der Waals surface area contributed by atoms with Crippen LogP contribution in [0.3, 0.4) is 0 Å². The van der Waals surface area contributed by atoms with Crippen LogP contribution in [-0.2, 0) is 11.3 Å². The molecule has 1 N–H and O–H groups in total. The second-order valence-electron chi connectivity index (χ2n) is 5.39. The summed E-state index contributed by atoms with van der Waals surface area (Å²) >= 11 is 1.88. The van der Waals surface area contributed by atoms with E-state index in [4.69, 9.17) is 4.74 Å². The van der Waals surface area contributed by atoms with E-state index in [-0.39, 0.29) is 0 Å². The maximum atomic E-state index is 5.93. The Balaban J connectivity index is 1.41. The van der Waals surface area contributed by atoms with Crippen molar-refractivity contribution < 1.29 is 4.74 Å². The molecule has 2 aliphatic heterocycles. The molecule has 1 aromatic heterocycles. The highest BCUT2D eigenvalue weighted by Crippen LogP contribution is 2.22. The number of fused-ring (bicyclic) bond motifs is 1. The van der Waals surface area contributed by atoms with Gasteiger partial charge in [-0.05, 0) is 38.4 Å². The van der Waals surface area contributed by atoms with Crippen LogP contribution >= 0.6 is 11.3 Å². The molecule has 0 bridgehead atoms. The fourth-order valence-electron chi connectivity index (χ4n) is 2.95. The largest absolute Gasteiger partial charge is 0.374 e. The lowest BCUT2D eigenvalue weighted by atomic mass is 10.2. The number of thiophene rings is 1. The smallest absolute Gasteiger partial charge is 0.0827 e. The molecule has 0 aromatic carbocycles. The number of aryl methyl sites for hydroxylation is 1. The van der Waals surface area contributed by atoms with Crippen LogP contribution in [0, 0.1) is 6.92 Å². The summed E-state index contributed by atoms with van der Waals surface area (Å²) in [5, 5.41) is 3.52. The fraction of sp³-hybridized carbons (Fsp3) is 0.714. The number of hydrogen-bond donors (Lipinski definition) is 1. The van der Waals surface area contributed by atoms with Crippen LogP contribution in [0.15, 0.2) is 12.1 Å². The van der Waals surface area contributed by atoms with Crippen molar-refractivity contribution in [2.24, 2.45) is 0 Å². The zero-order valence-corrected chi connectivity index (χ0v) is 11.8. The molecule has 1 aromatic rings. The lowest BCUT2D eigenvalue weighted by molar-refractivity contribution is -0.0470. The van der Waals surface area contributed by atoms with Crippen molar-refractivity contribution in [3.63, 3.8) is 0 Å². The van der Waals surface area contributed by atoms with Crippen molar-refractivity contribution in [2.75, 3.05) is 26.2 Å². The molecular formula is C14H22N2OS. The number of nitrogens with one attached hydrogen (secondary N) is 1. The van der Waals surface area contributed by atoms with Gasteiger partial charge < -0.3 is 10.1 Å². The van der Waals surface area contributed by atoms with E-state index >= 15 is 0 Å². The second kappa shape index (κ2) is 5.70. The minimum atomic E-state index is 0.375. The monoisotopic (exact) mass is 266 g/mol. The first kappa shape index (κ1) is 12.6. The Hall–Kier alpha value is -0.420. The van der Waals surface area contributed by atoms with E-state index in [1.54, 1.807) is 0 Å². The summed E-state index contributed by atoms with van der Waals surface area (Å²) in [5.41, 5.74) is 0. The highest BCUT2D eigenvalue weighted by molar-refractivity contribution is 7.11. The Labute approximate surface area is 113 Å². The topological polar surface area (TPSA) is 24.5 Å². The molecule has 0 spiro atoms. The predicted molar refractivity (Wildman–Crippen MR) is 75.1 cm³/mol. The van der Waals surface area contributed by atoms with Crippen molar-refractivity contribution in [2.45, 2.75) is 38.5 Å². The molecule has 2 aliphatic rings. The first-order chi connectivity index (χ1) is 8.81. The number of rotatable bonds is 4. The van der Waals surface area contributed by atoms with Gasteiger partial charge >= 0.3 is 0 Å². The zero-order valence-electron chi connectivity index (χ0n) is 11.0. The standard InChI is InChI=1S/C14H22N2OS/c1-11-4-5-14(18-11)8-15-7-13-9-16-6-2-3-12(16)10-17-13/h4-5,12-13,15H,2-3,6-10H2,1H3. The summed E-state index contributed by atoms with van der Waals surface area (Å²) in [5.74, 6) is 0. The molecule has 3 rings (SSSR count). The van der Waals surface area contributed by atoms with E-state index in [1.165, 1.54) is 29.1 Å². The average molecular weight is 266 g/mol.